The van der Waals surface area contributed by atoms with E-state index in [0.717, 1.165) is 82.6 Å². The number of benzene rings is 4. The number of unbranched alkanes of at least 4 members (excludes halogenated alkanes) is 4. The van der Waals surface area contributed by atoms with Crippen LogP contribution in [0.3, 0.4) is 0 Å². The first-order valence-corrected chi connectivity index (χ1v) is 17.4. The maximum atomic E-state index is 12.1. The highest BCUT2D eigenvalue weighted by atomic mass is 31.1. The van der Waals surface area contributed by atoms with Gasteiger partial charge in [-0.2, -0.15) is 0 Å². The molecule has 226 valence electrons. The van der Waals surface area contributed by atoms with Crippen molar-refractivity contribution in [2.75, 3.05) is 0 Å². The maximum Gasteiger partial charge on any atom is 0.395 e. The lowest BCUT2D eigenvalue weighted by Crippen LogP contribution is -2.03. The molecule has 2 nitrogen and oxygen atoms in total. The van der Waals surface area contributed by atoms with Gasteiger partial charge < -0.3 is 4.52 Å². The van der Waals surface area contributed by atoms with E-state index in [4.69, 9.17) is 4.52 Å². The molecule has 0 aromatic heterocycles. The largest absolute Gasteiger partial charge is 0.407 e. The summed E-state index contributed by atoms with van der Waals surface area (Å²) in [4.78, 5) is 0. The van der Waals surface area contributed by atoms with Gasteiger partial charge in [0.25, 0.3) is 0 Å². The van der Waals surface area contributed by atoms with Gasteiger partial charge in [-0.1, -0.05) is 120 Å². The summed E-state index contributed by atoms with van der Waals surface area (Å²) in [5.74, 6) is 0.683. The molecule has 43 heavy (non-hydrogen) atoms. The molecule has 0 spiro atoms. The quantitative estimate of drug-likeness (QED) is 0.114. The van der Waals surface area contributed by atoms with E-state index in [1.807, 2.05) is 0 Å². The standard InChI is InChI=1S/C40H49O2P/c1-5-9-18-30-24-16-25-31(19-10-6-2)37(30)35-28-29-36(42-43-41)40(39(35)34-22-14-13-15-23-34)38-32(20-11-7-3)26-17-27-33(38)21-12-8-4/h13-17,22-29H,5-12,18-21H2,1-4H3. The third kappa shape index (κ3) is 8.04. The molecular weight excluding hydrogens is 543 g/mol. The van der Waals surface area contributed by atoms with Crippen LogP contribution in [0.4, 0.5) is 0 Å². The van der Waals surface area contributed by atoms with Crippen LogP contribution in [0.25, 0.3) is 33.4 Å². The van der Waals surface area contributed by atoms with Gasteiger partial charge in [-0.3, -0.25) is 0 Å². The zero-order valence-electron chi connectivity index (χ0n) is 26.8. The van der Waals surface area contributed by atoms with Crippen molar-refractivity contribution in [1.29, 1.82) is 0 Å². The molecule has 0 atom stereocenters. The Balaban J connectivity index is 2.16. The van der Waals surface area contributed by atoms with Crippen molar-refractivity contribution < 1.29 is 9.09 Å². The zero-order valence-corrected chi connectivity index (χ0v) is 27.6. The van der Waals surface area contributed by atoms with Gasteiger partial charge in [0.05, 0.1) is 0 Å². The second kappa shape index (κ2) is 17.2. The summed E-state index contributed by atoms with van der Waals surface area (Å²) in [5.41, 5.74) is 12.9. The fraction of sp³-hybridized carbons (Fsp3) is 0.400. The van der Waals surface area contributed by atoms with Gasteiger partial charge in [-0.15, -0.1) is 0 Å². The van der Waals surface area contributed by atoms with E-state index in [9.17, 15) is 4.57 Å². The van der Waals surface area contributed by atoms with Crippen molar-refractivity contribution in [3.8, 4) is 39.1 Å². The molecule has 4 aromatic carbocycles. The van der Waals surface area contributed by atoms with Crippen LogP contribution in [-0.2, 0) is 30.2 Å². The molecule has 0 saturated heterocycles. The SMILES string of the molecule is CCCCc1cccc(CCCC)c1-c1ccc(OP=O)c(-c2c(CCCC)cccc2CCCC)c1-c1ccccc1. The summed E-state index contributed by atoms with van der Waals surface area (Å²) in [6, 6.07) is 28.8. The van der Waals surface area contributed by atoms with Gasteiger partial charge in [-0.25, -0.2) is 4.57 Å². The highest BCUT2D eigenvalue weighted by Gasteiger charge is 2.25. The predicted octanol–water partition coefficient (Wildman–Crippen LogP) is 12.6. The summed E-state index contributed by atoms with van der Waals surface area (Å²) < 4.78 is 18.1. The summed E-state index contributed by atoms with van der Waals surface area (Å²) in [7, 11) is -0.335. The van der Waals surface area contributed by atoms with Crippen molar-refractivity contribution in [2.24, 2.45) is 0 Å². The molecule has 0 amide bonds. The normalized spacial score (nSPS) is 11.3. The van der Waals surface area contributed by atoms with E-state index in [1.54, 1.807) is 0 Å². The van der Waals surface area contributed by atoms with Crippen molar-refractivity contribution in [2.45, 2.75) is 105 Å². The van der Waals surface area contributed by atoms with E-state index >= 15 is 0 Å². The van der Waals surface area contributed by atoms with Crippen molar-refractivity contribution in [3.05, 3.63) is 101 Å². The van der Waals surface area contributed by atoms with Gasteiger partial charge in [0, 0.05) is 11.1 Å². The minimum atomic E-state index is -0.335. The molecule has 4 rings (SSSR count). The second-order valence-electron chi connectivity index (χ2n) is 11.7. The molecule has 0 unspecified atom stereocenters. The molecule has 3 heteroatoms. The Morgan fingerprint density at radius 2 is 0.953 bits per heavy atom. The molecule has 0 bridgehead atoms. The van der Waals surface area contributed by atoms with E-state index < -0.39 is 0 Å². The molecule has 4 aromatic rings. The van der Waals surface area contributed by atoms with Crippen molar-refractivity contribution in [1.82, 2.24) is 0 Å². The van der Waals surface area contributed by atoms with Crippen molar-refractivity contribution >= 4 is 8.69 Å². The Bertz CT molecular complexity index is 1400. The number of aryl methyl sites for hydroxylation is 4. The van der Waals surface area contributed by atoms with Crippen LogP contribution in [-0.4, -0.2) is 0 Å². The molecular formula is C40H49O2P. The molecule has 0 aliphatic heterocycles. The Morgan fingerprint density at radius 1 is 0.488 bits per heavy atom. The molecule has 0 N–H and O–H groups in total. The lowest BCUT2D eigenvalue weighted by molar-refractivity contribution is 0.526. The molecule has 0 aliphatic carbocycles. The molecule has 0 saturated carbocycles. The van der Waals surface area contributed by atoms with E-state index in [-0.39, 0.29) is 8.69 Å². The average Bonchev–Trinajstić information content (AvgIpc) is 3.05. The summed E-state index contributed by atoms with van der Waals surface area (Å²) >= 11 is 0. The molecule has 0 aliphatic rings. The second-order valence-corrected chi connectivity index (χ2v) is 12.0. The molecule has 0 fully saturated rings. The monoisotopic (exact) mass is 592 g/mol. The third-order valence-corrected chi connectivity index (χ3v) is 8.83. The number of rotatable bonds is 17. The average molecular weight is 593 g/mol. The Morgan fingerprint density at radius 3 is 1.40 bits per heavy atom. The lowest BCUT2D eigenvalue weighted by Gasteiger charge is -2.25. The van der Waals surface area contributed by atoms with Gasteiger partial charge >= 0.3 is 8.69 Å². The minimum absolute atomic E-state index is 0.335. The van der Waals surface area contributed by atoms with Crippen LogP contribution < -0.4 is 4.52 Å². The first-order chi connectivity index (χ1) is 21.2. The Labute approximate surface area is 262 Å². The highest BCUT2D eigenvalue weighted by Crippen LogP contribution is 2.49. The topological polar surface area (TPSA) is 26.3 Å². The third-order valence-electron chi connectivity index (χ3n) is 8.56. The Hall–Kier alpha value is -3.22. The van der Waals surface area contributed by atoms with E-state index in [2.05, 4.69) is 107 Å². The fourth-order valence-electron chi connectivity index (χ4n) is 6.34. The van der Waals surface area contributed by atoms with E-state index in [0.29, 0.717) is 5.75 Å². The van der Waals surface area contributed by atoms with Crippen LogP contribution >= 0.6 is 8.69 Å². The summed E-state index contributed by atoms with van der Waals surface area (Å²) in [5, 5.41) is 0. The number of hydrogen-bond acceptors (Lipinski definition) is 2. The molecule has 0 heterocycles. The smallest absolute Gasteiger partial charge is 0.395 e. The van der Waals surface area contributed by atoms with Gasteiger partial charge in [0.2, 0.25) is 0 Å². The maximum absolute atomic E-state index is 12.1. The summed E-state index contributed by atoms with van der Waals surface area (Å²) in [6.45, 7) is 9.06. The fourth-order valence-corrected chi connectivity index (χ4v) is 6.57. The van der Waals surface area contributed by atoms with Crippen LogP contribution in [0.2, 0.25) is 0 Å². The van der Waals surface area contributed by atoms with Crippen LogP contribution in [0.15, 0.2) is 78.9 Å². The van der Waals surface area contributed by atoms with Gasteiger partial charge in [-0.05, 0) is 108 Å². The van der Waals surface area contributed by atoms with E-state index in [1.165, 1.54) is 50.1 Å². The Kier molecular flexibility index (Phi) is 13.1. The van der Waals surface area contributed by atoms with Crippen LogP contribution in [0.1, 0.15) is 101 Å². The van der Waals surface area contributed by atoms with Gasteiger partial charge in [0.15, 0.2) is 0 Å². The summed E-state index contributed by atoms with van der Waals surface area (Å²) in [6.07, 6.45) is 13.3. The first kappa shape index (κ1) is 32.7. The zero-order chi connectivity index (χ0) is 30.4. The lowest BCUT2D eigenvalue weighted by atomic mass is 9.80. The first-order valence-electron chi connectivity index (χ1n) is 16.6. The van der Waals surface area contributed by atoms with Crippen molar-refractivity contribution in [3.63, 3.8) is 0 Å². The highest BCUT2D eigenvalue weighted by molar-refractivity contribution is 7.17. The predicted molar refractivity (Wildman–Crippen MR) is 185 cm³/mol. The van der Waals surface area contributed by atoms with Gasteiger partial charge in [0.1, 0.15) is 5.75 Å². The molecule has 0 radical (unpaired) electrons. The van der Waals surface area contributed by atoms with Crippen LogP contribution in [0, 0.1) is 0 Å². The minimum Gasteiger partial charge on any atom is -0.407 e. The number of hydrogen-bond donors (Lipinski definition) is 0. The van der Waals surface area contributed by atoms with Crippen LogP contribution in [0.5, 0.6) is 5.75 Å².